The number of carbonyl (C=O) groups is 1. The maximum absolute atomic E-state index is 12.9. The first-order valence-corrected chi connectivity index (χ1v) is 7.14. The van der Waals surface area contributed by atoms with Gasteiger partial charge in [0.2, 0.25) is 5.91 Å². The summed E-state index contributed by atoms with van der Waals surface area (Å²) < 4.78 is 12.9. The van der Waals surface area contributed by atoms with E-state index in [4.69, 9.17) is 0 Å². The maximum atomic E-state index is 12.9. The van der Waals surface area contributed by atoms with E-state index in [2.05, 4.69) is 10.3 Å². The molecule has 0 saturated heterocycles. The minimum Gasteiger partial charge on any atom is -0.301 e. The number of rotatable bonds is 2. The third kappa shape index (κ3) is 3.22. The van der Waals surface area contributed by atoms with E-state index in [0.29, 0.717) is 5.13 Å². The molecule has 1 heterocycles. The van der Waals surface area contributed by atoms with E-state index < -0.39 is 5.41 Å². The molecule has 106 valence electrons. The SMILES string of the molecule is Cc1sc(NC(=O)C(C)(C)C)nc1-c1ccc(F)cc1. The second-order valence-electron chi connectivity index (χ2n) is 5.63. The fourth-order valence-corrected chi connectivity index (χ4v) is 2.44. The number of benzene rings is 1. The molecule has 1 aromatic carbocycles. The number of hydrogen-bond acceptors (Lipinski definition) is 3. The number of carbonyl (C=O) groups excluding carboxylic acids is 1. The molecule has 1 amide bonds. The molecule has 3 nitrogen and oxygen atoms in total. The summed E-state index contributed by atoms with van der Waals surface area (Å²) in [5.41, 5.74) is 1.16. The van der Waals surface area contributed by atoms with Crippen molar-refractivity contribution in [2.24, 2.45) is 5.41 Å². The minimum absolute atomic E-state index is 0.0723. The van der Waals surface area contributed by atoms with Gasteiger partial charge in [-0.2, -0.15) is 0 Å². The molecule has 0 saturated carbocycles. The number of nitrogens with one attached hydrogen (secondary N) is 1. The van der Waals surface area contributed by atoms with Crippen molar-refractivity contribution in [3.05, 3.63) is 35.0 Å². The Labute approximate surface area is 121 Å². The number of nitrogens with zero attached hydrogens (tertiary/aromatic N) is 1. The molecule has 2 aromatic rings. The van der Waals surface area contributed by atoms with Crippen molar-refractivity contribution in [2.45, 2.75) is 27.7 Å². The third-order valence-electron chi connectivity index (χ3n) is 2.82. The molecule has 0 bridgehead atoms. The largest absolute Gasteiger partial charge is 0.301 e. The van der Waals surface area contributed by atoms with Gasteiger partial charge in [0.1, 0.15) is 5.82 Å². The number of thiazole rings is 1. The highest BCUT2D eigenvalue weighted by molar-refractivity contribution is 7.16. The van der Waals surface area contributed by atoms with Crippen molar-refractivity contribution in [1.82, 2.24) is 4.98 Å². The van der Waals surface area contributed by atoms with Crippen LogP contribution >= 0.6 is 11.3 Å². The van der Waals surface area contributed by atoms with Crippen LogP contribution in [0.5, 0.6) is 0 Å². The molecule has 0 radical (unpaired) electrons. The van der Waals surface area contributed by atoms with Crippen molar-refractivity contribution in [3.63, 3.8) is 0 Å². The van der Waals surface area contributed by atoms with Crippen LogP contribution < -0.4 is 5.32 Å². The van der Waals surface area contributed by atoms with E-state index in [9.17, 15) is 9.18 Å². The molecule has 0 aliphatic rings. The number of anilines is 1. The van der Waals surface area contributed by atoms with Crippen LogP contribution in [0.1, 0.15) is 25.6 Å². The zero-order valence-corrected chi connectivity index (χ0v) is 12.8. The highest BCUT2D eigenvalue weighted by Crippen LogP contribution is 2.31. The fourth-order valence-electron chi connectivity index (χ4n) is 1.61. The molecule has 1 aromatic heterocycles. The second-order valence-corrected chi connectivity index (χ2v) is 6.84. The van der Waals surface area contributed by atoms with Crippen molar-refractivity contribution in [2.75, 3.05) is 5.32 Å². The van der Waals surface area contributed by atoms with E-state index >= 15 is 0 Å². The summed E-state index contributed by atoms with van der Waals surface area (Å²) >= 11 is 1.42. The van der Waals surface area contributed by atoms with Crippen molar-refractivity contribution in [1.29, 1.82) is 0 Å². The molecule has 0 aliphatic carbocycles. The van der Waals surface area contributed by atoms with E-state index in [1.54, 1.807) is 12.1 Å². The quantitative estimate of drug-likeness (QED) is 0.899. The van der Waals surface area contributed by atoms with Gasteiger partial charge in [-0.3, -0.25) is 4.79 Å². The van der Waals surface area contributed by atoms with E-state index in [1.807, 2.05) is 27.7 Å². The molecule has 0 aliphatic heterocycles. The molecule has 0 atom stereocenters. The van der Waals surface area contributed by atoms with Crippen molar-refractivity contribution < 1.29 is 9.18 Å². The molecule has 5 heteroatoms. The van der Waals surface area contributed by atoms with Gasteiger partial charge >= 0.3 is 0 Å². The molecule has 0 spiro atoms. The van der Waals surface area contributed by atoms with Crippen LogP contribution in [0.25, 0.3) is 11.3 Å². The van der Waals surface area contributed by atoms with Gasteiger partial charge in [-0.1, -0.05) is 20.8 Å². The van der Waals surface area contributed by atoms with E-state index in [-0.39, 0.29) is 11.7 Å². The highest BCUT2D eigenvalue weighted by Gasteiger charge is 2.22. The summed E-state index contributed by atoms with van der Waals surface area (Å²) in [6.07, 6.45) is 0. The van der Waals surface area contributed by atoms with Gasteiger partial charge < -0.3 is 5.32 Å². The number of halogens is 1. The predicted octanol–water partition coefficient (Wildman–Crippen LogP) is 4.24. The standard InChI is InChI=1S/C15H17FN2OS/c1-9-12(10-5-7-11(16)8-6-10)17-14(20-9)18-13(19)15(2,3)4/h5-8H,1-4H3,(H,17,18,19). The Hall–Kier alpha value is -1.75. The zero-order chi connectivity index (χ0) is 14.9. The summed E-state index contributed by atoms with van der Waals surface area (Å²) in [6, 6.07) is 6.18. The Morgan fingerprint density at radius 1 is 1.25 bits per heavy atom. The van der Waals surface area contributed by atoms with Crippen LogP contribution in [0, 0.1) is 18.2 Å². The van der Waals surface area contributed by atoms with Gasteiger partial charge in [-0.05, 0) is 31.2 Å². The average Bonchev–Trinajstić information content (AvgIpc) is 2.70. The van der Waals surface area contributed by atoms with Crippen LogP contribution in [0.3, 0.4) is 0 Å². The lowest BCUT2D eigenvalue weighted by Crippen LogP contribution is -2.27. The summed E-state index contributed by atoms with van der Waals surface area (Å²) in [7, 11) is 0. The topological polar surface area (TPSA) is 42.0 Å². The Balaban J connectivity index is 2.26. The predicted molar refractivity (Wildman–Crippen MR) is 80.3 cm³/mol. The Bertz CT molecular complexity index is 626. The second kappa shape index (κ2) is 5.32. The molecule has 0 unspecified atom stereocenters. The number of aromatic nitrogens is 1. The van der Waals surface area contributed by atoms with Crippen LogP contribution in [0.15, 0.2) is 24.3 Å². The fraction of sp³-hybridized carbons (Fsp3) is 0.333. The van der Waals surface area contributed by atoms with Crippen LogP contribution in [0.4, 0.5) is 9.52 Å². The molecule has 0 fully saturated rings. The van der Waals surface area contributed by atoms with Crippen molar-refractivity contribution >= 4 is 22.4 Å². The van der Waals surface area contributed by atoms with Gasteiger partial charge in [0.15, 0.2) is 5.13 Å². The van der Waals surface area contributed by atoms with Gasteiger partial charge in [-0.15, -0.1) is 11.3 Å². The van der Waals surface area contributed by atoms with E-state index in [0.717, 1.165) is 16.1 Å². The monoisotopic (exact) mass is 292 g/mol. The summed E-state index contributed by atoms with van der Waals surface area (Å²) in [5.74, 6) is -0.347. The molecule has 1 N–H and O–H groups in total. The number of aryl methyl sites for hydroxylation is 1. The molecular weight excluding hydrogens is 275 g/mol. The molecule has 2 rings (SSSR count). The van der Waals surface area contributed by atoms with E-state index in [1.165, 1.54) is 23.5 Å². The smallest absolute Gasteiger partial charge is 0.231 e. The summed E-state index contributed by atoms with van der Waals surface area (Å²) in [5, 5.41) is 3.39. The zero-order valence-electron chi connectivity index (χ0n) is 12.0. The minimum atomic E-state index is -0.463. The van der Waals surface area contributed by atoms with Gasteiger partial charge in [0, 0.05) is 15.9 Å². The van der Waals surface area contributed by atoms with Crippen LogP contribution in [-0.4, -0.2) is 10.9 Å². The normalized spacial score (nSPS) is 11.4. The summed E-state index contributed by atoms with van der Waals surface area (Å²) in [4.78, 5) is 17.4. The Morgan fingerprint density at radius 3 is 2.40 bits per heavy atom. The first kappa shape index (κ1) is 14.7. The van der Waals surface area contributed by atoms with Gasteiger partial charge in [0.05, 0.1) is 5.69 Å². The summed E-state index contributed by atoms with van der Waals surface area (Å²) in [6.45, 7) is 7.49. The van der Waals surface area contributed by atoms with Crippen LogP contribution in [0.2, 0.25) is 0 Å². The highest BCUT2D eigenvalue weighted by atomic mass is 32.1. The van der Waals surface area contributed by atoms with Crippen LogP contribution in [-0.2, 0) is 4.79 Å². The molecular formula is C15H17FN2OS. The Kier molecular flexibility index (Phi) is 3.90. The lowest BCUT2D eigenvalue weighted by atomic mass is 9.96. The lowest BCUT2D eigenvalue weighted by Gasteiger charge is -2.15. The van der Waals surface area contributed by atoms with Crippen molar-refractivity contribution in [3.8, 4) is 11.3 Å². The first-order chi connectivity index (χ1) is 9.27. The average molecular weight is 292 g/mol. The maximum Gasteiger partial charge on any atom is 0.231 e. The Morgan fingerprint density at radius 2 is 1.85 bits per heavy atom. The van der Waals surface area contributed by atoms with Gasteiger partial charge in [0.25, 0.3) is 0 Å². The number of amides is 1. The lowest BCUT2D eigenvalue weighted by molar-refractivity contribution is -0.123. The third-order valence-corrected chi connectivity index (χ3v) is 3.70. The first-order valence-electron chi connectivity index (χ1n) is 6.32. The van der Waals surface area contributed by atoms with Gasteiger partial charge in [-0.25, -0.2) is 9.37 Å². The molecule has 20 heavy (non-hydrogen) atoms. The number of hydrogen-bond donors (Lipinski definition) is 1.